The van der Waals surface area contributed by atoms with Crippen LogP contribution in [0.25, 0.3) is 0 Å². The first kappa shape index (κ1) is 10.9. The molecule has 4 atom stereocenters. The third-order valence-electron chi connectivity index (χ3n) is 3.62. The average molecular weight is 209 g/mol. The standard InChI is InChI=1S/C13H20FN/c1-9-4-3-7-15-13(9)11-5-6-12(14)10(2)8-11/h4-6,10-13,15H,3,7-8H2,1-2H3/t10-,11?,12?,13?/m0/s1. The van der Waals surface area contributed by atoms with E-state index in [1.807, 2.05) is 6.92 Å². The quantitative estimate of drug-likeness (QED) is 0.655. The van der Waals surface area contributed by atoms with Crippen LogP contribution >= 0.6 is 0 Å². The zero-order valence-electron chi connectivity index (χ0n) is 9.54. The number of nitrogens with one attached hydrogen (secondary N) is 1. The smallest absolute Gasteiger partial charge is 0.121 e. The van der Waals surface area contributed by atoms with Crippen molar-refractivity contribution >= 4 is 0 Å². The van der Waals surface area contributed by atoms with Gasteiger partial charge in [0.1, 0.15) is 6.17 Å². The van der Waals surface area contributed by atoms with Crippen LogP contribution in [0.4, 0.5) is 4.39 Å². The summed E-state index contributed by atoms with van der Waals surface area (Å²) in [6.07, 6.45) is 7.45. The third-order valence-corrected chi connectivity index (χ3v) is 3.62. The van der Waals surface area contributed by atoms with Gasteiger partial charge >= 0.3 is 0 Å². The van der Waals surface area contributed by atoms with Gasteiger partial charge in [0.05, 0.1) is 0 Å². The summed E-state index contributed by atoms with van der Waals surface area (Å²) in [4.78, 5) is 0. The minimum Gasteiger partial charge on any atom is -0.309 e. The Labute approximate surface area is 91.4 Å². The number of hydrogen-bond acceptors (Lipinski definition) is 1. The van der Waals surface area contributed by atoms with E-state index < -0.39 is 6.17 Å². The Balaban J connectivity index is 2.08. The number of halogens is 1. The summed E-state index contributed by atoms with van der Waals surface area (Å²) in [5, 5.41) is 3.53. The molecule has 0 radical (unpaired) electrons. The molecule has 2 aliphatic rings. The van der Waals surface area contributed by atoms with Crippen LogP contribution in [-0.2, 0) is 0 Å². The molecule has 1 aliphatic carbocycles. The van der Waals surface area contributed by atoms with Crippen LogP contribution in [0.2, 0.25) is 0 Å². The van der Waals surface area contributed by atoms with Crippen molar-refractivity contribution in [3.05, 3.63) is 23.8 Å². The Morgan fingerprint density at radius 3 is 2.87 bits per heavy atom. The van der Waals surface area contributed by atoms with Crippen LogP contribution in [0, 0.1) is 11.8 Å². The molecule has 0 fully saturated rings. The van der Waals surface area contributed by atoms with Crippen molar-refractivity contribution in [2.24, 2.45) is 11.8 Å². The van der Waals surface area contributed by atoms with Gasteiger partial charge in [0.25, 0.3) is 0 Å². The molecule has 0 aromatic heterocycles. The van der Waals surface area contributed by atoms with E-state index in [0.29, 0.717) is 12.0 Å². The first-order chi connectivity index (χ1) is 7.18. The second kappa shape index (κ2) is 4.48. The molecule has 1 N–H and O–H groups in total. The molecule has 0 saturated carbocycles. The molecule has 0 aromatic rings. The molecule has 15 heavy (non-hydrogen) atoms. The highest BCUT2D eigenvalue weighted by molar-refractivity contribution is 5.18. The normalized spacial score (nSPS) is 41.4. The van der Waals surface area contributed by atoms with E-state index in [2.05, 4.69) is 24.4 Å². The summed E-state index contributed by atoms with van der Waals surface area (Å²) in [6, 6.07) is 0.435. The molecular weight excluding hydrogens is 189 g/mol. The van der Waals surface area contributed by atoms with Crippen molar-refractivity contribution < 1.29 is 4.39 Å². The summed E-state index contributed by atoms with van der Waals surface area (Å²) in [7, 11) is 0. The summed E-state index contributed by atoms with van der Waals surface area (Å²) >= 11 is 0. The van der Waals surface area contributed by atoms with Crippen LogP contribution < -0.4 is 5.32 Å². The Hall–Kier alpha value is -0.630. The van der Waals surface area contributed by atoms with Gasteiger partial charge in [-0.3, -0.25) is 0 Å². The van der Waals surface area contributed by atoms with Crippen LogP contribution in [0.15, 0.2) is 23.8 Å². The van der Waals surface area contributed by atoms with E-state index in [9.17, 15) is 4.39 Å². The van der Waals surface area contributed by atoms with Crippen LogP contribution in [0.5, 0.6) is 0 Å². The maximum Gasteiger partial charge on any atom is 0.121 e. The zero-order chi connectivity index (χ0) is 10.8. The SMILES string of the molecule is CC1=CCCNC1C1C=CC(F)[C@@H](C)C1. The van der Waals surface area contributed by atoms with Gasteiger partial charge in [0, 0.05) is 6.04 Å². The molecule has 0 bridgehead atoms. The van der Waals surface area contributed by atoms with Crippen molar-refractivity contribution in [1.82, 2.24) is 5.32 Å². The van der Waals surface area contributed by atoms with E-state index in [1.165, 1.54) is 5.57 Å². The minimum absolute atomic E-state index is 0.163. The van der Waals surface area contributed by atoms with Crippen molar-refractivity contribution in [2.45, 2.75) is 38.9 Å². The highest BCUT2D eigenvalue weighted by Crippen LogP contribution is 2.30. The van der Waals surface area contributed by atoms with Gasteiger partial charge in [-0.2, -0.15) is 0 Å². The van der Waals surface area contributed by atoms with Crippen LogP contribution in [0.1, 0.15) is 26.7 Å². The molecule has 1 nitrogen and oxygen atoms in total. The maximum atomic E-state index is 13.3. The Kier molecular flexibility index (Phi) is 3.25. The van der Waals surface area contributed by atoms with E-state index in [0.717, 1.165) is 19.4 Å². The Morgan fingerprint density at radius 1 is 1.40 bits per heavy atom. The fourth-order valence-corrected chi connectivity index (χ4v) is 2.64. The molecule has 0 aromatic carbocycles. The van der Waals surface area contributed by atoms with Gasteiger partial charge in [-0.1, -0.05) is 30.7 Å². The van der Waals surface area contributed by atoms with Gasteiger partial charge in [0.15, 0.2) is 0 Å². The van der Waals surface area contributed by atoms with E-state index in [1.54, 1.807) is 6.08 Å². The molecule has 1 aliphatic heterocycles. The van der Waals surface area contributed by atoms with E-state index in [4.69, 9.17) is 0 Å². The Morgan fingerprint density at radius 2 is 2.20 bits per heavy atom. The van der Waals surface area contributed by atoms with Crippen molar-refractivity contribution in [3.63, 3.8) is 0 Å². The first-order valence-electron chi connectivity index (χ1n) is 5.91. The second-order valence-electron chi connectivity index (χ2n) is 4.87. The number of rotatable bonds is 1. The molecule has 0 saturated heterocycles. The summed E-state index contributed by atoms with van der Waals surface area (Å²) in [6.45, 7) is 5.24. The van der Waals surface area contributed by atoms with Gasteiger partial charge in [-0.05, 0) is 38.1 Å². The Bertz CT molecular complexity index is 282. The highest BCUT2D eigenvalue weighted by Gasteiger charge is 2.29. The predicted molar refractivity (Wildman–Crippen MR) is 61.5 cm³/mol. The van der Waals surface area contributed by atoms with Crippen molar-refractivity contribution in [2.75, 3.05) is 6.54 Å². The molecule has 1 heterocycles. The third kappa shape index (κ3) is 2.31. The number of hydrogen-bond donors (Lipinski definition) is 1. The fraction of sp³-hybridized carbons (Fsp3) is 0.692. The van der Waals surface area contributed by atoms with Gasteiger partial charge < -0.3 is 5.32 Å². The van der Waals surface area contributed by atoms with E-state index in [-0.39, 0.29) is 5.92 Å². The monoisotopic (exact) mass is 209 g/mol. The van der Waals surface area contributed by atoms with E-state index >= 15 is 0 Å². The fourth-order valence-electron chi connectivity index (χ4n) is 2.64. The molecular formula is C13H20FN. The molecule has 0 spiro atoms. The van der Waals surface area contributed by atoms with Crippen molar-refractivity contribution in [1.29, 1.82) is 0 Å². The molecule has 3 unspecified atom stereocenters. The highest BCUT2D eigenvalue weighted by atomic mass is 19.1. The number of allylic oxidation sites excluding steroid dienone is 1. The summed E-state index contributed by atoms with van der Waals surface area (Å²) in [5.74, 6) is 0.639. The van der Waals surface area contributed by atoms with Crippen LogP contribution in [-0.4, -0.2) is 18.8 Å². The zero-order valence-corrected chi connectivity index (χ0v) is 9.54. The lowest BCUT2D eigenvalue weighted by atomic mass is 9.79. The van der Waals surface area contributed by atoms with Gasteiger partial charge in [-0.15, -0.1) is 0 Å². The molecule has 0 amide bonds. The lowest BCUT2D eigenvalue weighted by Gasteiger charge is -2.34. The topological polar surface area (TPSA) is 12.0 Å². The average Bonchev–Trinajstić information content (AvgIpc) is 2.23. The predicted octanol–water partition coefficient (Wildman–Crippen LogP) is 2.84. The summed E-state index contributed by atoms with van der Waals surface area (Å²) < 4.78 is 13.3. The molecule has 2 heteroatoms. The maximum absolute atomic E-state index is 13.3. The second-order valence-corrected chi connectivity index (χ2v) is 4.87. The van der Waals surface area contributed by atoms with Crippen LogP contribution in [0.3, 0.4) is 0 Å². The number of alkyl halides is 1. The van der Waals surface area contributed by atoms with Gasteiger partial charge in [-0.25, -0.2) is 4.39 Å². The lowest BCUT2D eigenvalue weighted by Crippen LogP contribution is -2.41. The molecule has 84 valence electrons. The molecule has 2 rings (SSSR count). The largest absolute Gasteiger partial charge is 0.309 e. The first-order valence-corrected chi connectivity index (χ1v) is 5.91. The van der Waals surface area contributed by atoms with Crippen molar-refractivity contribution in [3.8, 4) is 0 Å². The summed E-state index contributed by atoms with van der Waals surface area (Å²) in [5.41, 5.74) is 1.42. The van der Waals surface area contributed by atoms with Gasteiger partial charge in [0.2, 0.25) is 0 Å². The minimum atomic E-state index is -0.742. The lowest BCUT2D eigenvalue weighted by molar-refractivity contribution is 0.233.